The summed E-state index contributed by atoms with van der Waals surface area (Å²) in [5.41, 5.74) is 1.37. The van der Waals surface area contributed by atoms with Gasteiger partial charge in [-0.2, -0.15) is 0 Å². The lowest BCUT2D eigenvalue weighted by atomic mass is 9.67. The summed E-state index contributed by atoms with van der Waals surface area (Å²) < 4.78 is 0. The highest BCUT2D eigenvalue weighted by molar-refractivity contribution is 5.61. The van der Waals surface area contributed by atoms with Crippen molar-refractivity contribution in [3.8, 4) is 0 Å². The zero-order chi connectivity index (χ0) is 12.4. The van der Waals surface area contributed by atoms with Gasteiger partial charge in [-0.25, -0.2) is 0 Å². The molecule has 16 heavy (non-hydrogen) atoms. The van der Waals surface area contributed by atoms with Crippen molar-refractivity contribution in [3.63, 3.8) is 0 Å². The molecule has 1 heteroatoms. The third-order valence-corrected chi connectivity index (χ3v) is 3.93. The lowest BCUT2D eigenvalue weighted by Gasteiger charge is -2.37. The van der Waals surface area contributed by atoms with Crippen LogP contribution in [0.1, 0.15) is 47.5 Å². The van der Waals surface area contributed by atoms with Crippen LogP contribution in [0, 0.1) is 16.7 Å². The largest absolute Gasteiger partial charge is 0.302 e. The van der Waals surface area contributed by atoms with Crippen molar-refractivity contribution in [3.05, 3.63) is 23.8 Å². The third-order valence-electron chi connectivity index (χ3n) is 3.93. The normalized spacial score (nSPS) is 25.6. The van der Waals surface area contributed by atoms with Crippen LogP contribution >= 0.6 is 0 Å². The van der Waals surface area contributed by atoms with Gasteiger partial charge >= 0.3 is 0 Å². The molecule has 0 heterocycles. The number of carbonyl (C=O) groups is 1. The maximum Gasteiger partial charge on any atom is 0.129 e. The van der Waals surface area contributed by atoms with E-state index in [4.69, 9.17) is 0 Å². The van der Waals surface area contributed by atoms with E-state index in [1.165, 1.54) is 12.0 Å². The molecule has 0 fully saturated rings. The van der Waals surface area contributed by atoms with Gasteiger partial charge in [0.2, 0.25) is 0 Å². The fourth-order valence-corrected chi connectivity index (χ4v) is 2.14. The minimum absolute atomic E-state index is 0.230. The van der Waals surface area contributed by atoms with Crippen LogP contribution in [-0.4, -0.2) is 6.29 Å². The van der Waals surface area contributed by atoms with Gasteiger partial charge in [0.1, 0.15) is 6.29 Å². The fourth-order valence-electron chi connectivity index (χ4n) is 2.14. The van der Waals surface area contributed by atoms with E-state index >= 15 is 0 Å². The van der Waals surface area contributed by atoms with Gasteiger partial charge in [0.25, 0.3) is 0 Å². The summed E-state index contributed by atoms with van der Waals surface area (Å²) in [5, 5.41) is 0. The van der Waals surface area contributed by atoms with Gasteiger partial charge in [-0.15, -0.1) is 0 Å². The van der Waals surface area contributed by atoms with Gasteiger partial charge in [-0.05, 0) is 44.9 Å². The van der Waals surface area contributed by atoms with Crippen molar-refractivity contribution in [2.75, 3.05) is 0 Å². The van der Waals surface area contributed by atoms with Gasteiger partial charge in [-0.1, -0.05) is 37.6 Å². The third kappa shape index (κ3) is 2.84. The lowest BCUT2D eigenvalue weighted by Crippen LogP contribution is -2.27. The molecule has 0 aromatic heterocycles. The Hall–Kier alpha value is -0.850. The van der Waals surface area contributed by atoms with Crippen molar-refractivity contribution in [2.45, 2.75) is 47.5 Å². The highest BCUT2D eigenvalue weighted by Crippen LogP contribution is 2.42. The van der Waals surface area contributed by atoms with Crippen LogP contribution in [0.5, 0.6) is 0 Å². The number of carbonyl (C=O) groups excluding carboxylic acids is 1. The Bertz CT molecular complexity index is 318. The number of hydrogen-bond donors (Lipinski definition) is 0. The zero-order valence-electron chi connectivity index (χ0n) is 11.2. The van der Waals surface area contributed by atoms with E-state index < -0.39 is 0 Å². The van der Waals surface area contributed by atoms with Crippen LogP contribution in [0.4, 0.5) is 0 Å². The summed E-state index contributed by atoms with van der Waals surface area (Å²) in [6.07, 6.45) is 10.0. The first-order valence-corrected chi connectivity index (χ1v) is 6.12. The second kappa shape index (κ2) is 4.57. The van der Waals surface area contributed by atoms with Crippen molar-refractivity contribution >= 4 is 6.29 Å². The SMILES string of the molecule is CC1=CCC[C@H](/C=C/C(C)(C)C=O)C1(C)C. The zero-order valence-corrected chi connectivity index (χ0v) is 11.2. The molecule has 1 aliphatic rings. The Kier molecular flexibility index (Phi) is 3.77. The second-order valence-electron chi connectivity index (χ2n) is 6.09. The summed E-state index contributed by atoms with van der Waals surface area (Å²) >= 11 is 0. The Balaban J connectivity index is 2.83. The van der Waals surface area contributed by atoms with Crippen LogP contribution in [0.25, 0.3) is 0 Å². The van der Waals surface area contributed by atoms with Crippen LogP contribution < -0.4 is 0 Å². The number of aldehydes is 1. The Morgan fingerprint density at radius 3 is 2.62 bits per heavy atom. The van der Waals surface area contributed by atoms with Crippen molar-refractivity contribution < 1.29 is 4.79 Å². The topological polar surface area (TPSA) is 17.1 Å². The molecule has 1 atom stereocenters. The molecular weight excluding hydrogens is 196 g/mol. The van der Waals surface area contributed by atoms with Gasteiger partial charge < -0.3 is 4.79 Å². The van der Waals surface area contributed by atoms with E-state index in [0.29, 0.717) is 5.92 Å². The molecule has 0 N–H and O–H groups in total. The highest BCUT2D eigenvalue weighted by atomic mass is 16.1. The monoisotopic (exact) mass is 220 g/mol. The molecule has 1 rings (SSSR count). The number of rotatable bonds is 3. The smallest absolute Gasteiger partial charge is 0.129 e. The van der Waals surface area contributed by atoms with E-state index in [1.807, 2.05) is 13.8 Å². The molecule has 0 bridgehead atoms. The first-order valence-electron chi connectivity index (χ1n) is 6.12. The minimum Gasteiger partial charge on any atom is -0.302 e. The lowest BCUT2D eigenvalue weighted by molar-refractivity contribution is -0.112. The van der Waals surface area contributed by atoms with Gasteiger partial charge in [0.05, 0.1) is 0 Å². The predicted octanol–water partition coefficient (Wildman–Crippen LogP) is 4.15. The molecule has 1 nitrogen and oxygen atoms in total. The van der Waals surface area contributed by atoms with E-state index in [0.717, 1.165) is 12.7 Å². The molecule has 0 unspecified atom stereocenters. The Morgan fingerprint density at radius 1 is 1.44 bits per heavy atom. The van der Waals surface area contributed by atoms with Gasteiger partial charge in [0.15, 0.2) is 0 Å². The number of hydrogen-bond acceptors (Lipinski definition) is 1. The van der Waals surface area contributed by atoms with Gasteiger partial charge in [-0.3, -0.25) is 0 Å². The summed E-state index contributed by atoms with van der Waals surface area (Å²) in [6, 6.07) is 0. The standard InChI is InChI=1S/C15H24O/c1-12-7-6-8-13(15(12,4)5)9-10-14(2,3)11-16/h7,9-11,13H,6,8H2,1-5H3/b10-9+/t13-/m1/s1. The first-order chi connectivity index (χ1) is 7.29. The minimum atomic E-state index is -0.328. The van der Waals surface area contributed by atoms with Crippen LogP contribution in [0.15, 0.2) is 23.8 Å². The van der Waals surface area contributed by atoms with E-state index in [1.54, 1.807) is 0 Å². The predicted molar refractivity (Wildman–Crippen MR) is 69.2 cm³/mol. The molecule has 0 amide bonds. The van der Waals surface area contributed by atoms with Crippen molar-refractivity contribution in [1.82, 2.24) is 0 Å². The molecule has 0 aromatic carbocycles. The fraction of sp³-hybridized carbons (Fsp3) is 0.667. The molecule has 0 aromatic rings. The molecule has 90 valence electrons. The van der Waals surface area contributed by atoms with Gasteiger partial charge in [0, 0.05) is 5.41 Å². The molecule has 1 aliphatic carbocycles. The summed E-state index contributed by atoms with van der Waals surface area (Å²) in [5.74, 6) is 0.553. The van der Waals surface area contributed by atoms with Crippen molar-refractivity contribution in [1.29, 1.82) is 0 Å². The van der Waals surface area contributed by atoms with Crippen molar-refractivity contribution in [2.24, 2.45) is 16.7 Å². The van der Waals surface area contributed by atoms with Crippen LogP contribution in [0.3, 0.4) is 0 Å². The van der Waals surface area contributed by atoms with Crippen LogP contribution in [0.2, 0.25) is 0 Å². The number of allylic oxidation sites excluding steroid dienone is 4. The second-order valence-corrected chi connectivity index (χ2v) is 6.09. The maximum absolute atomic E-state index is 10.9. The quantitative estimate of drug-likeness (QED) is 0.516. The average molecular weight is 220 g/mol. The van der Waals surface area contributed by atoms with E-state index in [9.17, 15) is 4.79 Å². The summed E-state index contributed by atoms with van der Waals surface area (Å²) in [6.45, 7) is 10.7. The molecule has 0 saturated carbocycles. The van der Waals surface area contributed by atoms with Crippen LogP contribution in [-0.2, 0) is 4.79 Å². The van der Waals surface area contributed by atoms with E-state index in [-0.39, 0.29) is 10.8 Å². The molecule has 0 saturated heterocycles. The Morgan fingerprint density at radius 2 is 2.06 bits per heavy atom. The molecular formula is C15H24O. The summed E-state index contributed by atoms with van der Waals surface area (Å²) in [4.78, 5) is 10.9. The first kappa shape index (κ1) is 13.2. The molecule has 0 aliphatic heterocycles. The average Bonchev–Trinajstić information content (AvgIpc) is 2.20. The highest BCUT2D eigenvalue weighted by Gasteiger charge is 2.31. The maximum atomic E-state index is 10.9. The molecule has 0 spiro atoms. The molecule has 0 radical (unpaired) electrons. The van der Waals surface area contributed by atoms with E-state index in [2.05, 4.69) is 39.0 Å². The summed E-state index contributed by atoms with van der Waals surface area (Å²) in [7, 11) is 0. The Labute approximate surface area is 99.6 Å².